The van der Waals surface area contributed by atoms with Gasteiger partial charge < -0.3 is 15.8 Å². The van der Waals surface area contributed by atoms with E-state index in [9.17, 15) is 4.79 Å². The fourth-order valence-electron chi connectivity index (χ4n) is 1.75. The lowest BCUT2D eigenvalue weighted by Gasteiger charge is -2.06. The van der Waals surface area contributed by atoms with Crippen molar-refractivity contribution in [2.75, 3.05) is 20.2 Å². The minimum Gasteiger partial charge on any atom is -0.496 e. The fourth-order valence-corrected chi connectivity index (χ4v) is 2.34. The van der Waals surface area contributed by atoms with Gasteiger partial charge in [0.05, 0.1) is 24.3 Å². The third-order valence-corrected chi connectivity index (χ3v) is 3.38. The van der Waals surface area contributed by atoms with Crippen molar-refractivity contribution in [3.8, 4) is 5.75 Å². The summed E-state index contributed by atoms with van der Waals surface area (Å²) in [6, 6.07) is 5.74. The topological polar surface area (TPSA) is 95.1 Å². The molecule has 0 atom stereocenters. The minimum absolute atomic E-state index is 0.274. The number of carbonyl (C=O) groups is 1. The molecule has 0 bridgehead atoms. The molecule has 1 amide bonds. The van der Waals surface area contributed by atoms with Crippen molar-refractivity contribution in [1.29, 1.82) is 0 Å². The zero-order valence-corrected chi connectivity index (χ0v) is 13.1. The van der Waals surface area contributed by atoms with Crippen LogP contribution in [0.5, 0.6) is 5.75 Å². The Hall–Kier alpha value is -1.93. The molecule has 0 unspecified atom stereocenters. The first-order valence-electron chi connectivity index (χ1n) is 6.35. The number of benzene rings is 1. The molecule has 2 rings (SSSR count). The molecule has 0 spiro atoms. The molecule has 0 aliphatic carbocycles. The molecule has 2 aromatic rings. The van der Waals surface area contributed by atoms with Gasteiger partial charge in [-0.05, 0) is 33.6 Å². The van der Waals surface area contributed by atoms with Gasteiger partial charge >= 0.3 is 0 Å². The molecule has 0 aliphatic heterocycles. The number of nitrogens with two attached hydrogens (primary N) is 1. The van der Waals surface area contributed by atoms with Gasteiger partial charge in [0.25, 0.3) is 5.91 Å². The average molecular weight is 354 g/mol. The lowest BCUT2D eigenvalue weighted by molar-refractivity contribution is 0.0949. The third-order valence-electron chi connectivity index (χ3n) is 2.76. The van der Waals surface area contributed by atoms with E-state index in [2.05, 4.69) is 31.6 Å². The van der Waals surface area contributed by atoms with Gasteiger partial charge in [0, 0.05) is 13.1 Å². The van der Waals surface area contributed by atoms with Crippen molar-refractivity contribution >= 4 is 21.8 Å². The SMILES string of the molecule is COc1ccc(Cn2cc(C(=O)NCCN)nn2)cc1Br. The quantitative estimate of drug-likeness (QED) is 0.800. The highest BCUT2D eigenvalue weighted by molar-refractivity contribution is 9.10. The summed E-state index contributed by atoms with van der Waals surface area (Å²) in [4.78, 5) is 11.7. The van der Waals surface area contributed by atoms with Gasteiger partial charge in [-0.1, -0.05) is 11.3 Å². The zero-order chi connectivity index (χ0) is 15.2. The number of hydrogen-bond donors (Lipinski definition) is 2. The maximum atomic E-state index is 11.7. The van der Waals surface area contributed by atoms with Gasteiger partial charge in [-0.3, -0.25) is 4.79 Å². The molecule has 1 aromatic heterocycles. The van der Waals surface area contributed by atoms with Crippen molar-refractivity contribution in [3.63, 3.8) is 0 Å². The lowest BCUT2D eigenvalue weighted by Crippen LogP contribution is -2.29. The van der Waals surface area contributed by atoms with Gasteiger partial charge in [0.15, 0.2) is 5.69 Å². The summed E-state index contributed by atoms with van der Waals surface area (Å²) in [5.74, 6) is 0.488. The fraction of sp³-hybridized carbons (Fsp3) is 0.308. The number of nitrogens with one attached hydrogen (secondary N) is 1. The molecule has 3 N–H and O–H groups in total. The van der Waals surface area contributed by atoms with E-state index in [0.717, 1.165) is 15.8 Å². The molecule has 7 nitrogen and oxygen atoms in total. The molecular formula is C13H16BrN5O2. The number of rotatable bonds is 6. The van der Waals surface area contributed by atoms with Crippen LogP contribution in [0.25, 0.3) is 0 Å². The van der Waals surface area contributed by atoms with Crippen LogP contribution in [0, 0.1) is 0 Å². The second-order valence-electron chi connectivity index (χ2n) is 4.31. The van der Waals surface area contributed by atoms with Crippen molar-refractivity contribution in [2.24, 2.45) is 5.73 Å². The third kappa shape index (κ3) is 4.02. The van der Waals surface area contributed by atoms with Crippen molar-refractivity contribution in [2.45, 2.75) is 6.54 Å². The van der Waals surface area contributed by atoms with Crippen LogP contribution < -0.4 is 15.8 Å². The minimum atomic E-state index is -0.275. The first-order chi connectivity index (χ1) is 10.1. The Morgan fingerprint density at radius 2 is 2.33 bits per heavy atom. The zero-order valence-electron chi connectivity index (χ0n) is 11.5. The number of nitrogens with zero attached hydrogens (tertiary/aromatic N) is 3. The Morgan fingerprint density at radius 1 is 1.52 bits per heavy atom. The van der Waals surface area contributed by atoms with E-state index in [0.29, 0.717) is 19.6 Å². The van der Waals surface area contributed by atoms with E-state index >= 15 is 0 Å². The smallest absolute Gasteiger partial charge is 0.273 e. The van der Waals surface area contributed by atoms with Gasteiger partial charge in [0.2, 0.25) is 0 Å². The van der Waals surface area contributed by atoms with Gasteiger partial charge in [0.1, 0.15) is 5.75 Å². The number of ether oxygens (including phenoxy) is 1. The van der Waals surface area contributed by atoms with Crippen molar-refractivity contribution in [1.82, 2.24) is 20.3 Å². The van der Waals surface area contributed by atoms with E-state index in [1.807, 2.05) is 18.2 Å². The summed E-state index contributed by atoms with van der Waals surface area (Å²) in [5, 5.41) is 10.4. The number of methoxy groups -OCH3 is 1. The summed E-state index contributed by atoms with van der Waals surface area (Å²) >= 11 is 3.43. The standard InChI is InChI=1S/C13H16BrN5O2/c1-21-12-3-2-9(6-10(12)14)7-19-8-11(17-18-19)13(20)16-5-4-15/h2-3,6,8H,4-5,7,15H2,1H3,(H,16,20). The summed E-state index contributed by atoms with van der Waals surface area (Å²) in [6.45, 7) is 1.32. The van der Waals surface area contributed by atoms with Crippen molar-refractivity contribution < 1.29 is 9.53 Å². The van der Waals surface area contributed by atoms with E-state index in [4.69, 9.17) is 10.5 Å². The number of carbonyl (C=O) groups excluding carboxylic acids is 1. The Labute approximate surface area is 130 Å². The highest BCUT2D eigenvalue weighted by Crippen LogP contribution is 2.25. The Balaban J connectivity index is 2.05. The van der Waals surface area contributed by atoms with Crippen LogP contribution in [-0.4, -0.2) is 41.1 Å². The molecule has 1 aromatic carbocycles. The maximum absolute atomic E-state index is 11.7. The molecule has 1 heterocycles. The van der Waals surface area contributed by atoms with E-state index < -0.39 is 0 Å². The van der Waals surface area contributed by atoms with Crippen LogP contribution in [0.1, 0.15) is 16.1 Å². The van der Waals surface area contributed by atoms with E-state index in [1.54, 1.807) is 18.0 Å². The number of amides is 1. The Kier molecular flexibility index (Phi) is 5.29. The molecular weight excluding hydrogens is 338 g/mol. The number of aromatic nitrogens is 3. The second kappa shape index (κ2) is 7.19. The molecule has 112 valence electrons. The molecule has 0 saturated heterocycles. The van der Waals surface area contributed by atoms with Gasteiger partial charge in [-0.25, -0.2) is 4.68 Å². The van der Waals surface area contributed by atoms with Crippen LogP contribution >= 0.6 is 15.9 Å². The average Bonchev–Trinajstić information content (AvgIpc) is 2.93. The highest BCUT2D eigenvalue weighted by Gasteiger charge is 2.10. The summed E-state index contributed by atoms with van der Waals surface area (Å²) in [7, 11) is 1.61. The molecule has 0 aliphatic rings. The first-order valence-corrected chi connectivity index (χ1v) is 7.14. The first kappa shape index (κ1) is 15.5. The van der Waals surface area contributed by atoms with Crippen molar-refractivity contribution in [3.05, 3.63) is 40.1 Å². The van der Waals surface area contributed by atoms with Crippen LogP contribution in [0.2, 0.25) is 0 Å². The summed E-state index contributed by atoms with van der Waals surface area (Å²) < 4.78 is 7.65. The van der Waals surface area contributed by atoms with E-state index in [1.165, 1.54) is 0 Å². The Morgan fingerprint density at radius 3 is 3.00 bits per heavy atom. The van der Waals surface area contributed by atoms with E-state index in [-0.39, 0.29) is 11.6 Å². The molecule has 21 heavy (non-hydrogen) atoms. The summed E-state index contributed by atoms with van der Waals surface area (Å²) in [6.07, 6.45) is 1.60. The highest BCUT2D eigenvalue weighted by atomic mass is 79.9. The molecule has 0 fully saturated rings. The Bertz CT molecular complexity index is 629. The van der Waals surface area contributed by atoms with Crippen LogP contribution in [0.3, 0.4) is 0 Å². The lowest BCUT2D eigenvalue weighted by atomic mass is 10.2. The maximum Gasteiger partial charge on any atom is 0.273 e. The monoisotopic (exact) mass is 353 g/mol. The largest absolute Gasteiger partial charge is 0.496 e. The number of hydrogen-bond acceptors (Lipinski definition) is 5. The summed E-state index contributed by atoms with van der Waals surface area (Å²) in [5.41, 5.74) is 6.62. The normalized spacial score (nSPS) is 10.4. The second-order valence-corrected chi connectivity index (χ2v) is 5.17. The predicted molar refractivity (Wildman–Crippen MR) is 81.2 cm³/mol. The van der Waals surface area contributed by atoms with Crippen LogP contribution in [0.4, 0.5) is 0 Å². The number of halogens is 1. The van der Waals surface area contributed by atoms with Gasteiger partial charge in [-0.2, -0.15) is 0 Å². The van der Waals surface area contributed by atoms with Crippen LogP contribution in [0.15, 0.2) is 28.9 Å². The predicted octanol–water partition coefficient (Wildman–Crippen LogP) is 0.786. The molecule has 8 heteroatoms. The van der Waals surface area contributed by atoms with Crippen LogP contribution in [-0.2, 0) is 6.54 Å². The van der Waals surface area contributed by atoms with Gasteiger partial charge in [-0.15, -0.1) is 5.10 Å². The molecule has 0 saturated carbocycles. The molecule has 0 radical (unpaired) electrons.